The minimum absolute atomic E-state index is 0.00430. The molecule has 2 rings (SSSR count). The number of nitrogen functional groups attached to an aromatic ring is 1. The monoisotopic (exact) mass is 310 g/mol. The van der Waals surface area contributed by atoms with Gasteiger partial charge in [-0.15, -0.1) is 0 Å². The number of nitrogens with zero attached hydrogens (tertiary/aromatic N) is 2. The molecule has 118 valence electrons. The summed E-state index contributed by atoms with van der Waals surface area (Å²) in [6, 6.07) is 0.653. The van der Waals surface area contributed by atoms with Crippen LogP contribution in [0.1, 0.15) is 56.6 Å². The molecule has 1 aliphatic carbocycles. The van der Waals surface area contributed by atoms with Gasteiger partial charge in [0.1, 0.15) is 10.7 Å². The van der Waals surface area contributed by atoms with E-state index in [1.54, 1.807) is 0 Å². The van der Waals surface area contributed by atoms with E-state index < -0.39 is 0 Å². The maximum atomic E-state index is 12.7. The Kier molecular flexibility index (Phi) is 5.08. The van der Waals surface area contributed by atoms with Crippen molar-refractivity contribution in [1.29, 1.82) is 0 Å². The summed E-state index contributed by atoms with van der Waals surface area (Å²) in [5, 5.41) is 4.13. The van der Waals surface area contributed by atoms with Crippen molar-refractivity contribution in [3.05, 3.63) is 4.88 Å². The van der Waals surface area contributed by atoms with Gasteiger partial charge in [-0.25, -0.2) is 4.98 Å². The average Bonchev–Trinajstić information content (AvgIpc) is 2.71. The van der Waals surface area contributed by atoms with Crippen molar-refractivity contribution in [1.82, 2.24) is 9.88 Å². The lowest BCUT2D eigenvalue weighted by atomic mass is 9.93. The van der Waals surface area contributed by atoms with Crippen molar-refractivity contribution in [2.45, 2.75) is 59.0 Å². The number of hydrogen-bond acceptors (Lipinski definition) is 5. The van der Waals surface area contributed by atoms with Gasteiger partial charge in [-0.1, -0.05) is 25.2 Å². The number of anilines is 2. The fourth-order valence-corrected chi connectivity index (χ4v) is 3.24. The van der Waals surface area contributed by atoms with Crippen LogP contribution in [0, 0.1) is 5.92 Å². The normalized spacial score (nSPS) is 15.3. The highest BCUT2D eigenvalue weighted by molar-refractivity contribution is 7.18. The zero-order chi connectivity index (χ0) is 15.6. The lowest BCUT2D eigenvalue weighted by Crippen LogP contribution is -2.39. The Bertz CT molecular complexity index is 494. The molecule has 1 aromatic rings. The molecule has 21 heavy (non-hydrogen) atoms. The van der Waals surface area contributed by atoms with Gasteiger partial charge in [0, 0.05) is 18.6 Å². The molecule has 0 aliphatic heterocycles. The first kappa shape index (κ1) is 16.1. The van der Waals surface area contributed by atoms with Gasteiger partial charge in [-0.05, 0) is 39.0 Å². The maximum Gasteiger partial charge on any atom is 0.268 e. The minimum Gasteiger partial charge on any atom is -0.382 e. The van der Waals surface area contributed by atoms with Crippen molar-refractivity contribution in [3.63, 3.8) is 0 Å². The molecule has 1 fully saturated rings. The third-order valence-corrected chi connectivity index (χ3v) is 4.72. The van der Waals surface area contributed by atoms with E-state index in [1.807, 2.05) is 18.7 Å². The quantitative estimate of drug-likeness (QED) is 0.846. The first-order valence-corrected chi connectivity index (χ1v) is 8.54. The smallest absolute Gasteiger partial charge is 0.268 e. The number of carbonyl (C=O) groups excluding carboxylic acids is 1. The summed E-state index contributed by atoms with van der Waals surface area (Å²) in [4.78, 5) is 19.5. The minimum atomic E-state index is -0.00430. The molecular formula is C15H26N4OS. The highest BCUT2D eigenvalue weighted by Gasteiger charge is 2.26. The van der Waals surface area contributed by atoms with E-state index in [9.17, 15) is 4.79 Å². The molecule has 0 atom stereocenters. The summed E-state index contributed by atoms with van der Waals surface area (Å²) >= 11 is 1.38. The second-order valence-electron chi connectivity index (χ2n) is 6.45. The second-order valence-corrected chi connectivity index (χ2v) is 7.45. The van der Waals surface area contributed by atoms with Gasteiger partial charge >= 0.3 is 0 Å². The number of rotatable bonds is 6. The number of hydrogen-bond donors (Lipinski definition) is 2. The Morgan fingerprint density at radius 2 is 2.10 bits per heavy atom. The van der Waals surface area contributed by atoms with Crippen LogP contribution < -0.4 is 11.1 Å². The van der Waals surface area contributed by atoms with E-state index in [0.717, 1.165) is 11.7 Å². The average molecular weight is 310 g/mol. The first-order valence-electron chi connectivity index (χ1n) is 7.72. The van der Waals surface area contributed by atoms with Gasteiger partial charge in [0.2, 0.25) is 0 Å². The molecule has 0 spiro atoms. The largest absolute Gasteiger partial charge is 0.382 e. The zero-order valence-corrected chi connectivity index (χ0v) is 14.2. The van der Waals surface area contributed by atoms with Crippen molar-refractivity contribution in [3.8, 4) is 0 Å². The molecular weight excluding hydrogens is 284 g/mol. The van der Waals surface area contributed by atoms with E-state index in [0.29, 0.717) is 22.7 Å². The van der Waals surface area contributed by atoms with Crippen LogP contribution in [0.15, 0.2) is 0 Å². The van der Waals surface area contributed by atoms with Gasteiger partial charge in [0.15, 0.2) is 5.13 Å². The molecule has 0 aromatic carbocycles. The molecule has 1 aromatic heterocycles. The van der Waals surface area contributed by atoms with Crippen LogP contribution in [0.5, 0.6) is 0 Å². The van der Waals surface area contributed by atoms with Crippen LogP contribution in [0.25, 0.3) is 0 Å². The fraction of sp³-hybridized carbons (Fsp3) is 0.733. The second kappa shape index (κ2) is 6.64. The van der Waals surface area contributed by atoms with Crippen LogP contribution >= 0.6 is 11.3 Å². The van der Waals surface area contributed by atoms with Crippen molar-refractivity contribution in [2.75, 3.05) is 17.6 Å². The van der Waals surface area contributed by atoms with E-state index in [-0.39, 0.29) is 11.9 Å². The molecule has 0 radical (unpaired) electrons. The predicted molar refractivity (Wildman–Crippen MR) is 88.8 cm³/mol. The number of nitrogens with two attached hydrogens (primary N) is 1. The molecule has 6 heteroatoms. The molecule has 3 N–H and O–H groups in total. The van der Waals surface area contributed by atoms with Crippen molar-refractivity contribution in [2.24, 2.45) is 5.92 Å². The van der Waals surface area contributed by atoms with Gasteiger partial charge in [0.05, 0.1) is 0 Å². The summed E-state index contributed by atoms with van der Waals surface area (Å²) in [6.45, 7) is 9.03. The predicted octanol–water partition coefficient (Wildman–Crippen LogP) is 3.20. The Morgan fingerprint density at radius 3 is 2.57 bits per heavy atom. The van der Waals surface area contributed by atoms with Crippen molar-refractivity contribution >= 4 is 28.2 Å². The molecule has 0 saturated heterocycles. The highest BCUT2D eigenvalue weighted by atomic mass is 32.1. The van der Waals surface area contributed by atoms with Crippen LogP contribution in [0.2, 0.25) is 0 Å². The van der Waals surface area contributed by atoms with E-state index in [2.05, 4.69) is 24.1 Å². The highest BCUT2D eigenvalue weighted by Crippen LogP contribution is 2.30. The number of carbonyl (C=O) groups is 1. The Labute approximate surface area is 130 Å². The molecule has 5 nitrogen and oxygen atoms in total. The molecule has 1 aliphatic rings. The van der Waals surface area contributed by atoms with Gasteiger partial charge < -0.3 is 16.0 Å². The summed E-state index contributed by atoms with van der Waals surface area (Å²) < 4.78 is 0. The van der Waals surface area contributed by atoms with E-state index >= 15 is 0 Å². The Morgan fingerprint density at radius 1 is 1.43 bits per heavy atom. The number of aromatic nitrogens is 1. The van der Waals surface area contributed by atoms with Crippen LogP contribution in [0.4, 0.5) is 10.9 Å². The van der Waals surface area contributed by atoms with E-state index in [1.165, 1.54) is 30.6 Å². The lowest BCUT2D eigenvalue weighted by Gasteiger charge is -2.28. The van der Waals surface area contributed by atoms with Gasteiger partial charge in [0.25, 0.3) is 5.91 Å². The standard InChI is InChI=1S/C15H26N4OS/c1-9(2)8-19(10(3)4)14(20)12-13(16)18-15(21-12)17-11-6-5-7-11/h9-11H,5-8,16H2,1-4H3,(H,17,18). The SMILES string of the molecule is CC(C)CN(C(=O)c1sc(NC2CCC2)nc1N)C(C)C. The molecule has 1 amide bonds. The van der Waals surface area contributed by atoms with Gasteiger partial charge in [-0.3, -0.25) is 4.79 Å². The van der Waals surface area contributed by atoms with Crippen LogP contribution in [-0.2, 0) is 0 Å². The third kappa shape index (κ3) is 3.87. The summed E-state index contributed by atoms with van der Waals surface area (Å²) in [7, 11) is 0. The van der Waals surface area contributed by atoms with Crippen LogP contribution in [-0.4, -0.2) is 34.4 Å². The Balaban J connectivity index is 2.12. The van der Waals surface area contributed by atoms with E-state index in [4.69, 9.17) is 5.73 Å². The fourth-order valence-electron chi connectivity index (χ4n) is 2.33. The summed E-state index contributed by atoms with van der Waals surface area (Å²) in [6.07, 6.45) is 3.61. The van der Waals surface area contributed by atoms with Crippen molar-refractivity contribution < 1.29 is 4.79 Å². The molecule has 0 unspecified atom stereocenters. The maximum absolute atomic E-state index is 12.7. The summed E-state index contributed by atoms with van der Waals surface area (Å²) in [5.74, 6) is 0.773. The number of nitrogens with one attached hydrogen (secondary N) is 1. The molecule has 1 heterocycles. The number of amides is 1. The summed E-state index contributed by atoms with van der Waals surface area (Å²) in [5.41, 5.74) is 5.96. The van der Waals surface area contributed by atoms with Crippen LogP contribution in [0.3, 0.4) is 0 Å². The Hall–Kier alpha value is -1.30. The topological polar surface area (TPSA) is 71.2 Å². The first-order chi connectivity index (χ1) is 9.88. The molecule has 0 bridgehead atoms. The zero-order valence-electron chi connectivity index (χ0n) is 13.3. The van der Waals surface area contributed by atoms with Gasteiger partial charge in [-0.2, -0.15) is 0 Å². The number of thiazole rings is 1. The lowest BCUT2D eigenvalue weighted by molar-refractivity contribution is 0.0688. The third-order valence-electron chi connectivity index (χ3n) is 3.73. The molecule has 1 saturated carbocycles.